The lowest BCUT2D eigenvalue weighted by Crippen LogP contribution is -2.37. The smallest absolute Gasteiger partial charge is 0.330 e. The number of carbonyl (C=O) groups excluding carboxylic acids is 1. The van der Waals surface area contributed by atoms with E-state index in [1.807, 2.05) is 0 Å². The summed E-state index contributed by atoms with van der Waals surface area (Å²) in [6.45, 7) is 1.51. The van der Waals surface area contributed by atoms with Crippen LogP contribution in [-0.2, 0) is 0 Å². The number of aromatic amines is 1. The molecule has 0 radical (unpaired) electrons. The van der Waals surface area contributed by atoms with Crippen LogP contribution in [0.5, 0.6) is 0 Å². The van der Waals surface area contributed by atoms with E-state index >= 15 is 0 Å². The minimum atomic E-state index is -0.794. The first-order chi connectivity index (χ1) is 11.4. The van der Waals surface area contributed by atoms with Crippen molar-refractivity contribution >= 4 is 17.3 Å². The van der Waals surface area contributed by atoms with Gasteiger partial charge in [0.2, 0.25) is 0 Å². The fraction of sp³-hybridized carbons (Fsp3) is 0.312. The summed E-state index contributed by atoms with van der Waals surface area (Å²) in [5.41, 5.74) is 5.48. The highest BCUT2D eigenvalue weighted by molar-refractivity contribution is 6.02. The molecule has 0 atom stereocenters. The van der Waals surface area contributed by atoms with Gasteiger partial charge in [-0.3, -0.25) is 19.1 Å². The van der Waals surface area contributed by atoms with E-state index in [0.717, 1.165) is 12.8 Å². The number of hydrogen-bond acceptors (Lipinski definition) is 5. The van der Waals surface area contributed by atoms with Crippen LogP contribution in [0, 0.1) is 12.7 Å². The van der Waals surface area contributed by atoms with Gasteiger partial charge in [0, 0.05) is 11.7 Å². The van der Waals surface area contributed by atoms with Crippen LogP contribution < -0.4 is 22.3 Å². The van der Waals surface area contributed by atoms with Crippen LogP contribution in [0.4, 0.5) is 15.9 Å². The third kappa shape index (κ3) is 2.94. The zero-order valence-electron chi connectivity index (χ0n) is 13.1. The summed E-state index contributed by atoms with van der Waals surface area (Å²) >= 11 is 0. The van der Waals surface area contributed by atoms with Gasteiger partial charge in [-0.1, -0.05) is 0 Å². The molecular weight excluding hydrogens is 315 g/mol. The second kappa shape index (κ2) is 5.95. The Morgan fingerprint density at radius 1 is 1.42 bits per heavy atom. The Morgan fingerprint density at radius 2 is 2.12 bits per heavy atom. The molecule has 126 valence electrons. The highest BCUT2D eigenvalue weighted by atomic mass is 19.1. The molecule has 0 spiro atoms. The fourth-order valence-electron chi connectivity index (χ4n) is 2.62. The van der Waals surface area contributed by atoms with Gasteiger partial charge in [0.05, 0.1) is 6.54 Å². The molecule has 0 unspecified atom stereocenters. The van der Waals surface area contributed by atoms with E-state index in [-0.39, 0.29) is 29.8 Å². The standard InChI is InChI=1S/C16H17FN4O3/c1-8-6-9(17)2-5-11(8)19-7-12(22)13-14(18)21(10-3-4-10)16(24)20-15(13)23/h2,5-6,10,19H,3-4,7,18H2,1H3,(H,20,23,24). The summed E-state index contributed by atoms with van der Waals surface area (Å²) in [7, 11) is 0. The third-order valence-electron chi connectivity index (χ3n) is 4.00. The number of nitrogens with one attached hydrogen (secondary N) is 2. The fourth-order valence-corrected chi connectivity index (χ4v) is 2.62. The Labute approximate surface area is 136 Å². The van der Waals surface area contributed by atoms with Crippen LogP contribution in [0.25, 0.3) is 0 Å². The normalized spacial score (nSPS) is 13.8. The lowest BCUT2D eigenvalue weighted by molar-refractivity contribution is 0.100. The summed E-state index contributed by atoms with van der Waals surface area (Å²) in [5, 5.41) is 2.86. The maximum Gasteiger partial charge on any atom is 0.330 e. The Hall–Kier alpha value is -2.90. The summed E-state index contributed by atoms with van der Waals surface area (Å²) in [4.78, 5) is 38.3. The number of nitrogens with two attached hydrogens (primary N) is 1. The summed E-state index contributed by atoms with van der Waals surface area (Å²) in [6.07, 6.45) is 1.58. The third-order valence-corrected chi connectivity index (χ3v) is 4.00. The number of nitrogens with zero attached hydrogens (tertiary/aromatic N) is 1. The van der Waals surface area contributed by atoms with Gasteiger partial charge in [-0.2, -0.15) is 0 Å². The van der Waals surface area contributed by atoms with Crippen LogP contribution in [0.15, 0.2) is 27.8 Å². The highest BCUT2D eigenvalue weighted by Crippen LogP contribution is 2.35. The first-order valence-electron chi connectivity index (χ1n) is 7.56. The molecule has 1 heterocycles. The summed E-state index contributed by atoms with van der Waals surface area (Å²) in [5.74, 6) is -1.01. The molecule has 1 aliphatic carbocycles. The van der Waals surface area contributed by atoms with Crippen molar-refractivity contribution < 1.29 is 9.18 Å². The average Bonchev–Trinajstić information content (AvgIpc) is 3.30. The van der Waals surface area contributed by atoms with E-state index < -0.39 is 17.0 Å². The lowest BCUT2D eigenvalue weighted by Gasteiger charge is -2.12. The van der Waals surface area contributed by atoms with Crippen molar-refractivity contribution in [3.8, 4) is 0 Å². The van der Waals surface area contributed by atoms with Gasteiger partial charge in [0.15, 0.2) is 5.78 Å². The topological polar surface area (TPSA) is 110 Å². The van der Waals surface area contributed by atoms with Crippen LogP contribution >= 0.6 is 0 Å². The van der Waals surface area contributed by atoms with Crippen molar-refractivity contribution in [3.05, 3.63) is 56.0 Å². The number of Topliss-reactive ketones (excluding diaryl/α,β-unsaturated/α-hetero) is 1. The minimum absolute atomic E-state index is 0.0618. The maximum absolute atomic E-state index is 13.1. The summed E-state index contributed by atoms with van der Waals surface area (Å²) < 4.78 is 14.4. The molecule has 3 rings (SSSR count). The average molecular weight is 332 g/mol. The summed E-state index contributed by atoms with van der Waals surface area (Å²) in [6, 6.07) is 4.06. The maximum atomic E-state index is 13.1. The molecule has 8 heteroatoms. The van der Waals surface area contributed by atoms with Crippen molar-refractivity contribution in [2.24, 2.45) is 0 Å². The molecule has 1 saturated carbocycles. The van der Waals surface area contributed by atoms with Crippen molar-refractivity contribution in [2.75, 3.05) is 17.6 Å². The SMILES string of the molecule is Cc1cc(F)ccc1NCC(=O)c1c(N)n(C2CC2)c(=O)[nH]c1=O. The van der Waals surface area contributed by atoms with E-state index in [0.29, 0.717) is 11.3 Å². The molecule has 7 nitrogen and oxygen atoms in total. The van der Waals surface area contributed by atoms with Gasteiger partial charge in [-0.15, -0.1) is 0 Å². The number of H-pyrrole nitrogens is 1. The number of halogens is 1. The van der Waals surface area contributed by atoms with Gasteiger partial charge >= 0.3 is 5.69 Å². The minimum Gasteiger partial charge on any atom is -0.384 e. The number of hydrogen-bond donors (Lipinski definition) is 3. The monoisotopic (exact) mass is 332 g/mol. The first kappa shape index (κ1) is 16.0. The predicted molar refractivity (Wildman–Crippen MR) is 88.0 cm³/mol. The predicted octanol–water partition coefficient (Wildman–Crippen LogP) is 1.20. The number of aromatic nitrogens is 2. The molecule has 1 fully saturated rings. The van der Waals surface area contributed by atoms with E-state index in [1.54, 1.807) is 6.92 Å². The van der Waals surface area contributed by atoms with Crippen molar-refractivity contribution in [1.29, 1.82) is 0 Å². The molecule has 2 aromatic rings. The van der Waals surface area contributed by atoms with Crippen LogP contribution in [-0.4, -0.2) is 21.9 Å². The van der Waals surface area contributed by atoms with Crippen molar-refractivity contribution in [1.82, 2.24) is 9.55 Å². The molecule has 0 amide bonds. The number of nitrogen functional groups attached to an aromatic ring is 1. The second-order valence-corrected chi connectivity index (χ2v) is 5.86. The van der Waals surface area contributed by atoms with Gasteiger partial charge in [0.25, 0.3) is 5.56 Å². The molecule has 1 aliphatic rings. The molecule has 24 heavy (non-hydrogen) atoms. The van der Waals surface area contributed by atoms with E-state index in [2.05, 4.69) is 10.3 Å². The zero-order valence-corrected chi connectivity index (χ0v) is 13.1. The van der Waals surface area contributed by atoms with Crippen molar-refractivity contribution in [2.45, 2.75) is 25.8 Å². The number of anilines is 2. The van der Waals surface area contributed by atoms with Gasteiger partial charge in [-0.25, -0.2) is 9.18 Å². The van der Waals surface area contributed by atoms with E-state index in [9.17, 15) is 18.8 Å². The molecule has 0 aliphatic heterocycles. The Balaban J connectivity index is 1.86. The van der Waals surface area contributed by atoms with Crippen LogP contribution in [0.3, 0.4) is 0 Å². The number of benzene rings is 1. The van der Waals surface area contributed by atoms with Gasteiger partial charge in [0.1, 0.15) is 17.2 Å². The second-order valence-electron chi connectivity index (χ2n) is 5.86. The van der Waals surface area contributed by atoms with Crippen LogP contribution in [0.1, 0.15) is 34.8 Å². The number of rotatable bonds is 5. The first-order valence-corrected chi connectivity index (χ1v) is 7.56. The van der Waals surface area contributed by atoms with Gasteiger partial charge in [-0.05, 0) is 43.5 Å². The molecular formula is C16H17FN4O3. The Morgan fingerprint density at radius 3 is 2.75 bits per heavy atom. The van der Waals surface area contributed by atoms with E-state index in [1.165, 1.54) is 22.8 Å². The highest BCUT2D eigenvalue weighted by Gasteiger charge is 2.29. The van der Waals surface area contributed by atoms with Crippen molar-refractivity contribution in [3.63, 3.8) is 0 Å². The van der Waals surface area contributed by atoms with Gasteiger partial charge < -0.3 is 11.1 Å². The lowest BCUT2D eigenvalue weighted by atomic mass is 10.1. The Bertz CT molecular complexity index is 928. The number of aryl methyl sites for hydroxylation is 1. The number of ketones is 1. The zero-order chi connectivity index (χ0) is 17.4. The molecule has 1 aromatic heterocycles. The molecule has 0 saturated heterocycles. The largest absolute Gasteiger partial charge is 0.384 e. The number of carbonyl (C=O) groups is 1. The molecule has 0 bridgehead atoms. The van der Waals surface area contributed by atoms with E-state index in [4.69, 9.17) is 5.73 Å². The molecule has 4 N–H and O–H groups in total. The van der Waals surface area contributed by atoms with Crippen LogP contribution in [0.2, 0.25) is 0 Å². The molecule has 1 aromatic carbocycles. The quantitative estimate of drug-likeness (QED) is 0.713. The Kier molecular flexibility index (Phi) is 3.96.